The Morgan fingerprint density at radius 1 is 1.12 bits per heavy atom. The monoisotopic (exact) mass is 358 g/mol. The molecule has 3 N–H and O–H groups in total. The molecule has 26 heavy (non-hydrogen) atoms. The molecule has 1 aliphatic carbocycles. The van der Waals surface area contributed by atoms with Gasteiger partial charge in [0, 0.05) is 5.56 Å². The van der Waals surface area contributed by atoms with Crippen molar-refractivity contribution in [3.8, 4) is 0 Å². The van der Waals surface area contributed by atoms with E-state index in [9.17, 15) is 9.59 Å². The SMILES string of the molecule is Cc1ccccc1C[NH+]1CC[NH+](CN2C(=O)N[C@](C)(C3CC3)C2=O)CC1. The van der Waals surface area contributed by atoms with Crippen LogP contribution in [-0.4, -0.2) is 55.2 Å². The molecule has 1 aromatic carbocycles. The smallest absolute Gasteiger partial charge is 0.323 e. The lowest BCUT2D eigenvalue weighted by Crippen LogP contribution is -3.28. The number of imide groups is 1. The minimum Gasteiger partial charge on any atom is -0.323 e. The second-order valence-corrected chi connectivity index (χ2v) is 8.40. The maximum atomic E-state index is 12.8. The lowest BCUT2D eigenvalue weighted by Gasteiger charge is -2.31. The van der Waals surface area contributed by atoms with Crippen molar-refractivity contribution in [2.24, 2.45) is 5.92 Å². The highest BCUT2D eigenvalue weighted by molar-refractivity contribution is 6.07. The van der Waals surface area contributed by atoms with E-state index in [4.69, 9.17) is 0 Å². The van der Waals surface area contributed by atoms with Gasteiger partial charge in [-0.05, 0) is 38.2 Å². The molecule has 0 unspecified atom stereocenters. The molecular weight excluding hydrogens is 328 g/mol. The van der Waals surface area contributed by atoms with Crippen LogP contribution in [0.1, 0.15) is 30.9 Å². The average molecular weight is 358 g/mol. The quantitative estimate of drug-likeness (QED) is 0.589. The third kappa shape index (κ3) is 3.23. The molecule has 1 atom stereocenters. The van der Waals surface area contributed by atoms with E-state index in [2.05, 4.69) is 36.5 Å². The summed E-state index contributed by atoms with van der Waals surface area (Å²) in [5, 5.41) is 2.95. The summed E-state index contributed by atoms with van der Waals surface area (Å²) in [4.78, 5) is 29.5. The van der Waals surface area contributed by atoms with Crippen LogP contribution >= 0.6 is 0 Å². The topological polar surface area (TPSA) is 58.3 Å². The second-order valence-electron chi connectivity index (χ2n) is 8.40. The number of hydrogen-bond acceptors (Lipinski definition) is 2. The fourth-order valence-corrected chi connectivity index (χ4v) is 4.39. The van der Waals surface area contributed by atoms with Crippen LogP contribution in [0.15, 0.2) is 24.3 Å². The fraction of sp³-hybridized carbons (Fsp3) is 0.600. The standard InChI is InChI=1S/C20H28N4O2/c1-15-5-3-4-6-16(15)13-22-9-11-23(12-10-22)14-24-18(25)20(2,17-7-8-17)21-19(24)26/h3-6,17H,7-14H2,1-2H3,(H,21,26)/p+2/t20-/m1/s1. The zero-order valence-electron chi connectivity index (χ0n) is 15.8. The Hall–Kier alpha value is -1.92. The van der Waals surface area contributed by atoms with Crippen LogP contribution in [0, 0.1) is 12.8 Å². The van der Waals surface area contributed by atoms with Gasteiger partial charge in [-0.1, -0.05) is 24.3 Å². The van der Waals surface area contributed by atoms with Gasteiger partial charge in [-0.3, -0.25) is 4.79 Å². The fourth-order valence-electron chi connectivity index (χ4n) is 4.39. The van der Waals surface area contributed by atoms with Crippen molar-refractivity contribution in [1.82, 2.24) is 10.2 Å². The van der Waals surface area contributed by atoms with Crippen LogP contribution in [0.5, 0.6) is 0 Å². The average Bonchev–Trinajstić information content (AvgIpc) is 3.45. The van der Waals surface area contributed by atoms with Gasteiger partial charge < -0.3 is 15.1 Å². The number of carbonyl (C=O) groups excluding carboxylic acids is 2. The normalized spacial score (nSPS) is 32.0. The van der Waals surface area contributed by atoms with Gasteiger partial charge in [0.1, 0.15) is 38.3 Å². The highest BCUT2D eigenvalue weighted by Crippen LogP contribution is 2.42. The van der Waals surface area contributed by atoms with Crippen LogP contribution in [0.3, 0.4) is 0 Å². The van der Waals surface area contributed by atoms with Crippen LogP contribution in [0.4, 0.5) is 4.79 Å². The zero-order chi connectivity index (χ0) is 18.3. The number of amides is 3. The van der Waals surface area contributed by atoms with Crippen LogP contribution in [0.2, 0.25) is 0 Å². The van der Waals surface area contributed by atoms with Crippen molar-refractivity contribution in [2.45, 2.75) is 38.8 Å². The lowest BCUT2D eigenvalue weighted by molar-refractivity contribution is -1.02. The number of quaternary nitrogens is 2. The molecule has 0 spiro atoms. The maximum absolute atomic E-state index is 12.8. The van der Waals surface area contributed by atoms with Crippen molar-refractivity contribution in [2.75, 3.05) is 32.8 Å². The van der Waals surface area contributed by atoms with Crippen molar-refractivity contribution in [1.29, 1.82) is 0 Å². The number of carbonyl (C=O) groups is 2. The Balaban J connectivity index is 1.31. The van der Waals surface area contributed by atoms with Crippen molar-refractivity contribution >= 4 is 11.9 Å². The Labute approximate surface area is 155 Å². The number of nitrogens with zero attached hydrogens (tertiary/aromatic N) is 1. The van der Waals surface area contributed by atoms with Gasteiger partial charge >= 0.3 is 6.03 Å². The van der Waals surface area contributed by atoms with Crippen molar-refractivity contribution < 1.29 is 19.4 Å². The summed E-state index contributed by atoms with van der Waals surface area (Å²) in [5.74, 6) is 0.307. The molecule has 2 aliphatic heterocycles. The summed E-state index contributed by atoms with van der Waals surface area (Å²) < 4.78 is 0. The van der Waals surface area contributed by atoms with E-state index >= 15 is 0 Å². The van der Waals surface area contributed by atoms with Crippen molar-refractivity contribution in [3.63, 3.8) is 0 Å². The zero-order valence-corrected chi connectivity index (χ0v) is 15.8. The van der Waals surface area contributed by atoms with Gasteiger partial charge in [0.2, 0.25) is 0 Å². The molecule has 1 saturated carbocycles. The number of rotatable bonds is 5. The molecule has 2 saturated heterocycles. The Kier molecular flexibility index (Phi) is 4.49. The molecular formula is C20H30N4O2+2. The van der Waals surface area contributed by atoms with Crippen LogP contribution < -0.4 is 15.1 Å². The van der Waals surface area contributed by atoms with Crippen LogP contribution in [0.25, 0.3) is 0 Å². The second kappa shape index (κ2) is 6.67. The number of benzene rings is 1. The van der Waals surface area contributed by atoms with E-state index in [-0.39, 0.29) is 11.9 Å². The number of piperazine rings is 1. The van der Waals surface area contributed by atoms with Crippen LogP contribution in [-0.2, 0) is 11.3 Å². The van der Waals surface area contributed by atoms with E-state index in [1.807, 2.05) is 6.92 Å². The Bertz CT molecular complexity index is 710. The molecule has 3 fully saturated rings. The Morgan fingerprint density at radius 2 is 1.77 bits per heavy atom. The summed E-state index contributed by atoms with van der Waals surface area (Å²) in [6.07, 6.45) is 2.09. The number of aryl methyl sites for hydroxylation is 1. The molecule has 0 radical (unpaired) electrons. The predicted molar refractivity (Wildman–Crippen MR) is 97.7 cm³/mol. The molecule has 4 rings (SSSR count). The highest BCUT2D eigenvalue weighted by Gasteiger charge is 2.56. The minimum atomic E-state index is -0.658. The maximum Gasteiger partial charge on any atom is 0.329 e. The molecule has 6 heteroatoms. The summed E-state index contributed by atoms with van der Waals surface area (Å²) in [6, 6.07) is 8.38. The van der Waals surface area contributed by atoms with Gasteiger partial charge in [-0.25, -0.2) is 9.69 Å². The summed E-state index contributed by atoms with van der Waals surface area (Å²) in [6.45, 7) is 9.78. The van der Waals surface area contributed by atoms with Crippen molar-refractivity contribution in [3.05, 3.63) is 35.4 Å². The van der Waals surface area contributed by atoms with Gasteiger partial charge in [-0.2, -0.15) is 0 Å². The van der Waals surface area contributed by atoms with E-state index in [1.165, 1.54) is 20.9 Å². The molecule has 0 aromatic heterocycles. The van der Waals surface area contributed by atoms with E-state index < -0.39 is 5.54 Å². The van der Waals surface area contributed by atoms with Gasteiger partial charge in [0.15, 0.2) is 6.67 Å². The predicted octanol–water partition coefficient (Wildman–Crippen LogP) is -1.04. The molecule has 2 heterocycles. The molecule has 1 aromatic rings. The first-order valence-electron chi connectivity index (χ1n) is 9.83. The first kappa shape index (κ1) is 17.5. The number of hydrogen-bond donors (Lipinski definition) is 3. The number of nitrogens with one attached hydrogen (secondary N) is 3. The summed E-state index contributed by atoms with van der Waals surface area (Å²) >= 11 is 0. The number of urea groups is 1. The Morgan fingerprint density at radius 3 is 2.42 bits per heavy atom. The minimum absolute atomic E-state index is 0.0211. The van der Waals surface area contributed by atoms with E-state index in [0.717, 1.165) is 45.6 Å². The summed E-state index contributed by atoms with van der Waals surface area (Å²) in [5.41, 5.74) is 2.11. The molecule has 3 aliphatic rings. The first-order valence-corrected chi connectivity index (χ1v) is 9.83. The highest BCUT2D eigenvalue weighted by atomic mass is 16.2. The third-order valence-electron chi connectivity index (χ3n) is 6.44. The third-order valence-corrected chi connectivity index (χ3v) is 6.44. The van der Waals surface area contributed by atoms with Gasteiger partial charge in [0.25, 0.3) is 5.91 Å². The van der Waals surface area contributed by atoms with Gasteiger partial charge in [-0.15, -0.1) is 0 Å². The lowest BCUT2D eigenvalue weighted by atomic mass is 9.96. The van der Waals surface area contributed by atoms with Gasteiger partial charge in [0.05, 0.1) is 0 Å². The molecule has 140 valence electrons. The molecule has 0 bridgehead atoms. The summed E-state index contributed by atoms with van der Waals surface area (Å²) in [7, 11) is 0. The molecule has 6 nitrogen and oxygen atoms in total. The largest absolute Gasteiger partial charge is 0.329 e. The first-order chi connectivity index (χ1) is 12.5. The van der Waals surface area contributed by atoms with E-state index in [1.54, 1.807) is 4.90 Å². The van der Waals surface area contributed by atoms with E-state index in [0.29, 0.717) is 12.6 Å². The molecule has 3 amide bonds.